The molecule has 0 spiro atoms. The minimum Gasteiger partial charge on any atom is -0.324 e. The summed E-state index contributed by atoms with van der Waals surface area (Å²) in [7, 11) is 0. The Balaban J connectivity index is 1.68. The molecule has 1 aliphatic heterocycles. The molecule has 1 saturated carbocycles. The van der Waals surface area contributed by atoms with Crippen LogP contribution in [0.3, 0.4) is 0 Å². The number of rotatable bonds is 8. The van der Waals surface area contributed by atoms with Crippen LogP contribution in [0, 0.1) is 17.7 Å². The fraction of sp³-hybridized carbons (Fsp3) is 0.550. The van der Waals surface area contributed by atoms with Crippen LogP contribution in [0.2, 0.25) is 0 Å². The first-order valence-electron chi connectivity index (χ1n) is 10.0. The number of nitrogens with one attached hydrogen (secondary N) is 2. The first kappa shape index (κ1) is 21.2. The number of carbonyl (C=O) groups excluding carboxylic acids is 3. The van der Waals surface area contributed by atoms with E-state index in [1.54, 1.807) is 0 Å². The van der Waals surface area contributed by atoms with Crippen molar-refractivity contribution in [3.8, 4) is 0 Å². The van der Waals surface area contributed by atoms with E-state index in [9.17, 15) is 24.0 Å². The van der Waals surface area contributed by atoms with Gasteiger partial charge < -0.3 is 5.32 Å². The molecule has 3 N–H and O–H groups in total. The van der Waals surface area contributed by atoms with Gasteiger partial charge in [-0.15, -0.1) is 0 Å². The van der Waals surface area contributed by atoms with Crippen LogP contribution < -0.4 is 10.7 Å². The Labute approximate surface area is 169 Å². The van der Waals surface area contributed by atoms with Crippen LogP contribution in [0.25, 0.3) is 0 Å². The van der Waals surface area contributed by atoms with Crippen molar-refractivity contribution in [2.24, 2.45) is 11.8 Å². The lowest BCUT2D eigenvalue weighted by Crippen LogP contribution is -2.51. The van der Waals surface area contributed by atoms with Crippen molar-refractivity contribution in [2.45, 2.75) is 44.6 Å². The lowest BCUT2D eigenvalue weighted by atomic mass is 9.92. The van der Waals surface area contributed by atoms with E-state index in [-0.39, 0.29) is 24.8 Å². The van der Waals surface area contributed by atoms with E-state index in [1.807, 2.05) is 0 Å². The summed E-state index contributed by atoms with van der Waals surface area (Å²) in [5.74, 6) is -1.31. The van der Waals surface area contributed by atoms with Crippen molar-refractivity contribution < 1.29 is 24.0 Å². The molecule has 8 nitrogen and oxygen atoms in total. The first-order chi connectivity index (χ1) is 14.0. The summed E-state index contributed by atoms with van der Waals surface area (Å²) in [5.41, 5.74) is 3.40. The Morgan fingerprint density at radius 3 is 2.62 bits per heavy atom. The predicted molar refractivity (Wildman–Crippen MR) is 103 cm³/mol. The van der Waals surface area contributed by atoms with E-state index in [0.29, 0.717) is 36.1 Å². The first-order valence-corrected chi connectivity index (χ1v) is 10.0. The number of carbonyl (C=O) groups is 3. The summed E-state index contributed by atoms with van der Waals surface area (Å²) >= 11 is 0. The van der Waals surface area contributed by atoms with Crippen LogP contribution in [0.1, 0.15) is 38.5 Å². The van der Waals surface area contributed by atoms with Gasteiger partial charge in [0.25, 0.3) is 0 Å². The standard InChI is InChI=1S/C20H27FN4O4/c21-16-5-7-17(8-6-16)23-19(27)18-9-10-22-25(18)20(28)15(12-24(29)13-26)11-14-3-1-2-4-14/h5-8,13-15,18,22,29H,1-4,9-12H2,(H,23,27). The largest absolute Gasteiger partial charge is 0.324 e. The van der Waals surface area contributed by atoms with E-state index in [2.05, 4.69) is 10.7 Å². The van der Waals surface area contributed by atoms with E-state index in [4.69, 9.17) is 0 Å². The Hall–Kier alpha value is -2.52. The highest BCUT2D eigenvalue weighted by Crippen LogP contribution is 2.31. The normalized spacial score (nSPS) is 20.5. The second-order valence-corrected chi connectivity index (χ2v) is 7.73. The van der Waals surface area contributed by atoms with Gasteiger partial charge in [0, 0.05) is 12.2 Å². The molecule has 0 radical (unpaired) electrons. The Bertz CT molecular complexity index is 724. The molecule has 2 aliphatic rings. The maximum Gasteiger partial charge on any atom is 0.248 e. The average Bonchev–Trinajstić information content (AvgIpc) is 3.40. The van der Waals surface area contributed by atoms with Crippen LogP contribution in [0.5, 0.6) is 0 Å². The molecular weight excluding hydrogens is 379 g/mol. The molecule has 2 fully saturated rings. The summed E-state index contributed by atoms with van der Waals surface area (Å²) in [6.07, 6.45) is 5.57. The molecule has 158 valence electrons. The zero-order valence-electron chi connectivity index (χ0n) is 16.2. The molecule has 1 aromatic carbocycles. The van der Waals surface area contributed by atoms with Gasteiger partial charge in [-0.3, -0.25) is 24.6 Å². The van der Waals surface area contributed by atoms with Gasteiger partial charge in [0.05, 0.1) is 12.5 Å². The SMILES string of the molecule is O=CN(O)CC(CC1CCCC1)C(=O)N1NCCC1C(=O)Nc1ccc(F)cc1. The molecule has 1 aromatic rings. The third-order valence-corrected chi connectivity index (χ3v) is 5.63. The maximum absolute atomic E-state index is 13.2. The third kappa shape index (κ3) is 5.51. The number of hydrogen-bond donors (Lipinski definition) is 3. The molecule has 1 saturated heterocycles. The molecule has 2 atom stereocenters. The monoisotopic (exact) mass is 406 g/mol. The summed E-state index contributed by atoms with van der Waals surface area (Å²) in [4.78, 5) is 36.7. The summed E-state index contributed by atoms with van der Waals surface area (Å²) in [6.45, 7) is 0.350. The lowest BCUT2D eigenvalue weighted by molar-refractivity contribution is -0.159. The van der Waals surface area contributed by atoms with Gasteiger partial charge in [-0.2, -0.15) is 0 Å². The number of nitrogens with zero attached hydrogens (tertiary/aromatic N) is 2. The predicted octanol–water partition coefficient (Wildman–Crippen LogP) is 1.91. The van der Waals surface area contributed by atoms with Gasteiger partial charge in [0.2, 0.25) is 18.2 Å². The number of halogens is 1. The topological polar surface area (TPSA) is 102 Å². The molecule has 0 bridgehead atoms. The molecule has 3 rings (SSSR count). The van der Waals surface area contributed by atoms with Gasteiger partial charge in [-0.05, 0) is 43.0 Å². The molecule has 1 aliphatic carbocycles. The molecule has 1 heterocycles. The van der Waals surface area contributed by atoms with Crippen molar-refractivity contribution >= 4 is 23.9 Å². The van der Waals surface area contributed by atoms with Crippen molar-refractivity contribution in [3.05, 3.63) is 30.1 Å². The number of hydrazine groups is 1. The third-order valence-electron chi connectivity index (χ3n) is 5.63. The number of hydroxylamine groups is 2. The zero-order valence-corrected chi connectivity index (χ0v) is 16.2. The van der Waals surface area contributed by atoms with Gasteiger partial charge in [0.15, 0.2) is 0 Å². The van der Waals surface area contributed by atoms with E-state index < -0.39 is 17.8 Å². The van der Waals surface area contributed by atoms with Gasteiger partial charge in [-0.1, -0.05) is 25.7 Å². The zero-order chi connectivity index (χ0) is 20.8. The van der Waals surface area contributed by atoms with E-state index in [0.717, 1.165) is 25.7 Å². The van der Waals surface area contributed by atoms with Crippen LogP contribution in [-0.2, 0) is 14.4 Å². The fourth-order valence-electron chi connectivity index (χ4n) is 4.17. The van der Waals surface area contributed by atoms with Crippen molar-refractivity contribution in [1.82, 2.24) is 15.5 Å². The van der Waals surface area contributed by atoms with E-state index in [1.165, 1.54) is 29.3 Å². The van der Waals surface area contributed by atoms with Crippen molar-refractivity contribution in [2.75, 3.05) is 18.4 Å². The number of amides is 3. The highest BCUT2D eigenvalue weighted by molar-refractivity contribution is 5.97. The van der Waals surface area contributed by atoms with Gasteiger partial charge in [0.1, 0.15) is 11.9 Å². The highest BCUT2D eigenvalue weighted by Gasteiger charge is 2.38. The second-order valence-electron chi connectivity index (χ2n) is 7.73. The Kier molecular flexibility index (Phi) is 7.16. The fourth-order valence-corrected chi connectivity index (χ4v) is 4.17. The molecule has 29 heavy (non-hydrogen) atoms. The summed E-state index contributed by atoms with van der Waals surface area (Å²) in [5, 5.41) is 14.2. The van der Waals surface area contributed by atoms with Crippen LogP contribution >= 0.6 is 0 Å². The van der Waals surface area contributed by atoms with Crippen LogP contribution in [0.4, 0.5) is 10.1 Å². The number of hydrogen-bond acceptors (Lipinski definition) is 5. The van der Waals surface area contributed by atoms with E-state index >= 15 is 0 Å². The quantitative estimate of drug-likeness (QED) is 0.348. The summed E-state index contributed by atoms with van der Waals surface area (Å²) < 4.78 is 13.1. The smallest absolute Gasteiger partial charge is 0.248 e. The van der Waals surface area contributed by atoms with Crippen molar-refractivity contribution in [1.29, 1.82) is 0 Å². The lowest BCUT2D eigenvalue weighted by Gasteiger charge is -2.30. The van der Waals surface area contributed by atoms with Crippen LogP contribution in [0.15, 0.2) is 24.3 Å². The number of benzene rings is 1. The highest BCUT2D eigenvalue weighted by atomic mass is 19.1. The summed E-state index contributed by atoms with van der Waals surface area (Å²) in [6, 6.07) is 4.69. The Morgan fingerprint density at radius 2 is 1.97 bits per heavy atom. The van der Waals surface area contributed by atoms with Crippen LogP contribution in [-0.4, -0.2) is 52.6 Å². The minimum absolute atomic E-state index is 0.108. The minimum atomic E-state index is -0.720. The molecule has 9 heteroatoms. The average molecular weight is 406 g/mol. The maximum atomic E-state index is 13.2. The molecule has 3 amide bonds. The Morgan fingerprint density at radius 1 is 1.28 bits per heavy atom. The molecule has 2 unspecified atom stereocenters. The molecule has 0 aromatic heterocycles. The number of anilines is 1. The van der Waals surface area contributed by atoms with Gasteiger partial charge >= 0.3 is 0 Å². The molecular formula is C20H27FN4O4. The second kappa shape index (κ2) is 9.80. The van der Waals surface area contributed by atoms with Crippen molar-refractivity contribution in [3.63, 3.8) is 0 Å². The van der Waals surface area contributed by atoms with Gasteiger partial charge in [-0.25, -0.2) is 14.9 Å².